The summed E-state index contributed by atoms with van der Waals surface area (Å²) in [6.07, 6.45) is 0. The Kier molecular flexibility index (Phi) is 4.07. The monoisotopic (exact) mass is 334 g/mol. The van der Waals surface area contributed by atoms with Gasteiger partial charge >= 0.3 is 0 Å². The van der Waals surface area contributed by atoms with Gasteiger partial charge in [0.25, 0.3) is 0 Å². The van der Waals surface area contributed by atoms with E-state index in [2.05, 4.69) is 15.9 Å². The Bertz CT molecular complexity index is 529. The molecule has 2 aromatic rings. The van der Waals surface area contributed by atoms with Crippen LogP contribution < -0.4 is 4.74 Å². The average molecular weight is 336 g/mol. The van der Waals surface area contributed by atoms with Gasteiger partial charge in [-0.15, -0.1) is 11.3 Å². The van der Waals surface area contributed by atoms with E-state index in [-0.39, 0.29) is 16.4 Å². The fourth-order valence-electron chi connectivity index (χ4n) is 1.46. The maximum atomic E-state index is 13.3. The Balaban J connectivity index is 2.34. The number of hydrogen-bond acceptors (Lipinski definition) is 2. The van der Waals surface area contributed by atoms with Crippen LogP contribution in [0.4, 0.5) is 4.39 Å². The summed E-state index contributed by atoms with van der Waals surface area (Å²) < 4.78 is 19.0. The van der Waals surface area contributed by atoms with Gasteiger partial charge < -0.3 is 4.74 Å². The Labute approximate surface area is 116 Å². The van der Waals surface area contributed by atoms with Crippen molar-refractivity contribution in [3.8, 4) is 5.75 Å². The van der Waals surface area contributed by atoms with Crippen LogP contribution in [0.2, 0.25) is 4.34 Å². The van der Waals surface area contributed by atoms with Crippen molar-refractivity contribution in [3.63, 3.8) is 0 Å². The maximum Gasteiger partial charge on any atom is 0.165 e. The third-order valence-electron chi connectivity index (χ3n) is 2.31. The lowest BCUT2D eigenvalue weighted by molar-refractivity contribution is 0.386. The van der Waals surface area contributed by atoms with Crippen LogP contribution in [0, 0.1) is 5.82 Å². The second kappa shape index (κ2) is 5.38. The summed E-state index contributed by atoms with van der Waals surface area (Å²) in [5.41, 5.74) is 0.932. The molecule has 0 aliphatic rings. The highest BCUT2D eigenvalue weighted by molar-refractivity contribution is 9.09. The number of alkyl halides is 1. The van der Waals surface area contributed by atoms with Crippen molar-refractivity contribution in [2.75, 3.05) is 7.11 Å². The van der Waals surface area contributed by atoms with Crippen molar-refractivity contribution in [1.29, 1.82) is 0 Å². The molecule has 0 aliphatic carbocycles. The molecule has 0 saturated heterocycles. The second-order valence-electron chi connectivity index (χ2n) is 3.40. The largest absolute Gasteiger partial charge is 0.494 e. The van der Waals surface area contributed by atoms with Crippen molar-refractivity contribution in [2.45, 2.75) is 4.83 Å². The minimum absolute atomic E-state index is 0.00509. The van der Waals surface area contributed by atoms with E-state index in [1.807, 2.05) is 12.1 Å². The zero-order valence-electron chi connectivity index (χ0n) is 8.91. The van der Waals surface area contributed by atoms with Crippen LogP contribution in [0.1, 0.15) is 15.3 Å². The lowest BCUT2D eigenvalue weighted by Gasteiger charge is -2.10. The number of ether oxygens (including phenoxy) is 1. The fourth-order valence-corrected chi connectivity index (χ4v) is 3.25. The molecule has 0 N–H and O–H groups in total. The van der Waals surface area contributed by atoms with Crippen LogP contribution in [-0.4, -0.2) is 7.11 Å². The molecule has 0 fully saturated rings. The zero-order chi connectivity index (χ0) is 12.4. The Morgan fingerprint density at radius 2 is 2.12 bits per heavy atom. The minimum atomic E-state index is -0.361. The van der Waals surface area contributed by atoms with Gasteiger partial charge in [0.05, 0.1) is 16.3 Å². The summed E-state index contributed by atoms with van der Waals surface area (Å²) >= 11 is 11.0. The van der Waals surface area contributed by atoms with Gasteiger partial charge in [0, 0.05) is 4.88 Å². The Hall–Kier alpha value is -0.580. The molecular weight excluding hydrogens is 327 g/mol. The van der Waals surface area contributed by atoms with Crippen LogP contribution in [0.5, 0.6) is 5.75 Å². The van der Waals surface area contributed by atoms with Gasteiger partial charge in [0.2, 0.25) is 0 Å². The van der Waals surface area contributed by atoms with E-state index in [4.69, 9.17) is 16.3 Å². The van der Waals surface area contributed by atoms with E-state index in [1.54, 1.807) is 12.1 Å². The summed E-state index contributed by atoms with van der Waals surface area (Å²) in [5.74, 6) is -0.116. The number of thiophene rings is 1. The third-order valence-corrected chi connectivity index (χ3v) is 4.93. The molecule has 5 heteroatoms. The average Bonchev–Trinajstić information content (AvgIpc) is 2.75. The molecular formula is C12H9BrClFOS. The Morgan fingerprint density at radius 3 is 2.71 bits per heavy atom. The van der Waals surface area contributed by atoms with Gasteiger partial charge in [-0.05, 0) is 29.8 Å². The zero-order valence-corrected chi connectivity index (χ0v) is 12.1. The molecule has 1 nitrogen and oxygen atoms in total. The highest BCUT2D eigenvalue weighted by Gasteiger charge is 2.14. The van der Waals surface area contributed by atoms with Gasteiger partial charge in [0.15, 0.2) is 11.6 Å². The predicted molar refractivity (Wildman–Crippen MR) is 73.1 cm³/mol. The molecule has 1 unspecified atom stereocenters. The predicted octanol–water partition coefficient (Wildman–Crippen LogP) is 5.03. The van der Waals surface area contributed by atoms with Crippen molar-refractivity contribution in [3.05, 3.63) is 50.9 Å². The molecule has 1 aromatic carbocycles. The van der Waals surface area contributed by atoms with E-state index < -0.39 is 0 Å². The number of halogens is 3. The summed E-state index contributed by atoms with van der Waals surface area (Å²) in [6, 6.07) is 8.60. The topological polar surface area (TPSA) is 9.23 Å². The van der Waals surface area contributed by atoms with E-state index >= 15 is 0 Å². The molecule has 2 rings (SSSR count). The van der Waals surface area contributed by atoms with Crippen molar-refractivity contribution < 1.29 is 9.13 Å². The first-order chi connectivity index (χ1) is 8.11. The van der Waals surface area contributed by atoms with Gasteiger partial charge in [-0.2, -0.15) is 0 Å². The molecule has 1 atom stereocenters. The summed E-state index contributed by atoms with van der Waals surface area (Å²) in [7, 11) is 1.45. The molecule has 1 heterocycles. The van der Waals surface area contributed by atoms with Gasteiger partial charge in [-0.1, -0.05) is 33.6 Å². The quantitative estimate of drug-likeness (QED) is 0.715. The smallest absolute Gasteiger partial charge is 0.165 e. The molecule has 0 bridgehead atoms. The molecule has 0 spiro atoms. The normalized spacial score (nSPS) is 12.5. The van der Waals surface area contributed by atoms with E-state index in [9.17, 15) is 4.39 Å². The highest BCUT2D eigenvalue weighted by Crippen LogP contribution is 2.38. The van der Waals surface area contributed by atoms with Crippen LogP contribution in [0.25, 0.3) is 0 Å². The van der Waals surface area contributed by atoms with Crippen LogP contribution >= 0.6 is 38.9 Å². The summed E-state index contributed by atoms with van der Waals surface area (Å²) in [4.78, 5) is 1.07. The van der Waals surface area contributed by atoms with Crippen LogP contribution in [0.3, 0.4) is 0 Å². The molecule has 0 amide bonds. The second-order valence-corrected chi connectivity index (χ2v) is 6.06. The first-order valence-corrected chi connectivity index (χ1v) is 6.95. The van der Waals surface area contributed by atoms with Crippen molar-refractivity contribution in [1.82, 2.24) is 0 Å². The highest BCUT2D eigenvalue weighted by atomic mass is 79.9. The molecule has 0 aliphatic heterocycles. The fraction of sp³-hybridized carbons (Fsp3) is 0.167. The standard InChI is InChI=1S/C12H9BrClFOS/c1-16-9-6-7(2-3-8(9)15)12(13)10-4-5-11(14)17-10/h2-6,12H,1H3. The van der Waals surface area contributed by atoms with E-state index in [0.717, 1.165) is 14.8 Å². The molecule has 0 radical (unpaired) electrons. The van der Waals surface area contributed by atoms with Crippen LogP contribution in [-0.2, 0) is 0 Å². The van der Waals surface area contributed by atoms with Gasteiger partial charge in [0.1, 0.15) is 0 Å². The first-order valence-electron chi connectivity index (χ1n) is 4.84. The van der Waals surface area contributed by atoms with E-state index in [1.165, 1.54) is 24.5 Å². The van der Waals surface area contributed by atoms with Crippen molar-refractivity contribution in [2.24, 2.45) is 0 Å². The summed E-state index contributed by atoms with van der Waals surface area (Å²) in [6.45, 7) is 0. The lowest BCUT2D eigenvalue weighted by atomic mass is 10.1. The third kappa shape index (κ3) is 2.81. The number of methoxy groups -OCH3 is 1. The first kappa shape index (κ1) is 12.9. The number of benzene rings is 1. The molecule has 0 saturated carbocycles. The van der Waals surface area contributed by atoms with Gasteiger partial charge in [-0.3, -0.25) is 0 Å². The Morgan fingerprint density at radius 1 is 1.35 bits per heavy atom. The maximum absolute atomic E-state index is 13.3. The molecule has 17 heavy (non-hydrogen) atoms. The molecule has 1 aromatic heterocycles. The SMILES string of the molecule is COc1cc(C(Br)c2ccc(Cl)s2)ccc1F. The number of hydrogen-bond donors (Lipinski definition) is 0. The van der Waals surface area contributed by atoms with Crippen LogP contribution in [0.15, 0.2) is 30.3 Å². The minimum Gasteiger partial charge on any atom is -0.494 e. The van der Waals surface area contributed by atoms with Crippen molar-refractivity contribution >= 4 is 38.9 Å². The lowest BCUT2D eigenvalue weighted by Crippen LogP contribution is -1.93. The van der Waals surface area contributed by atoms with E-state index in [0.29, 0.717) is 0 Å². The summed E-state index contributed by atoms with van der Waals surface area (Å²) in [5, 5.41) is 0. The van der Waals surface area contributed by atoms with Gasteiger partial charge in [-0.25, -0.2) is 4.39 Å². The number of rotatable bonds is 3. The molecule has 90 valence electrons.